The van der Waals surface area contributed by atoms with Crippen LogP contribution in [0.5, 0.6) is 11.5 Å². The number of carbonyl (C=O) groups excluding carboxylic acids is 1. The van der Waals surface area contributed by atoms with E-state index in [1.807, 2.05) is 18.2 Å². The minimum Gasteiger partial charge on any atom is -0.492 e. The number of amides is 1. The molecule has 1 amide bonds. The number of hydrogen-bond donors (Lipinski definition) is 1. The quantitative estimate of drug-likeness (QED) is 0.253. The van der Waals surface area contributed by atoms with Gasteiger partial charge in [0.05, 0.1) is 0 Å². The molecule has 6 heteroatoms. The molecular formula is C40H53N3O3. The van der Waals surface area contributed by atoms with E-state index in [1.54, 1.807) is 0 Å². The summed E-state index contributed by atoms with van der Waals surface area (Å²) in [7, 11) is 0. The Morgan fingerprint density at radius 1 is 0.652 bits per heavy atom. The fourth-order valence-electron chi connectivity index (χ4n) is 7.35. The lowest BCUT2D eigenvalue weighted by Crippen LogP contribution is -2.39. The number of likely N-dealkylation sites (tertiary alicyclic amines) is 2. The molecule has 3 aliphatic heterocycles. The number of hydrogen-bond acceptors (Lipinski definition) is 5. The van der Waals surface area contributed by atoms with Gasteiger partial charge in [-0.05, 0) is 104 Å². The maximum absolute atomic E-state index is 14.9. The van der Waals surface area contributed by atoms with Crippen LogP contribution in [-0.4, -0.2) is 68.2 Å². The molecule has 0 radical (unpaired) electrons. The molecule has 3 aromatic rings. The first kappa shape index (κ1) is 32.6. The molecule has 3 heterocycles. The predicted octanol–water partition coefficient (Wildman–Crippen LogP) is 7.52. The number of carbonyl (C=O) groups is 1. The first-order valence-corrected chi connectivity index (χ1v) is 17.4. The second kappa shape index (κ2) is 13.0. The average Bonchev–Trinajstić information content (AvgIpc) is 3.78. The van der Waals surface area contributed by atoms with Crippen molar-refractivity contribution < 1.29 is 14.3 Å². The number of para-hydroxylation sites is 1. The second-order valence-electron chi connectivity index (χ2n) is 15.5. The summed E-state index contributed by atoms with van der Waals surface area (Å²) in [6.07, 6.45) is 4.99. The van der Waals surface area contributed by atoms with Crippen molar-refractivity contribution in [3.63, 3.8) is 0 Å². The van der Waals surface area contributed by atoms with Gasteiger partial charge in [-0.25, -0.2) is 0 Å². The van der Waals surface area contributed by atoms with Crippen LogP contribution in [0.4, 0.5) is 5.69 Å². The Balaban J connectivity index is 1.54. The standard InChI is InChI=1S/C40H53N3O3/c1-38(2,3)29-15-17-35(45-25-23-42-19-9-10-20-42)32(27-29)40(31-13-7-8-14-34(31)41-37(40)44)33-28-30(39(4,5)6)16-18-36(33)46-26-24-43-21-11-12-22-43/h7-8,13-18,27-28H,9-12,19-26H2,1-6H3,(H,41,44). The maximum Gasteiger partial charge on any atom is 0.244 e. The molecule has 2 saturated heterocycles. The Kier molecular flexibility index (Phi) is 9.24. The van der Waals surface area contributed by atoms with Crippen LogP contribution < -0.4 is 14.8 Å². The van der Waals surface area contributed by atoms with E-state index in [2.05, 4.69) is 99.1 Å². The Hall–Kier alpha value is -3.35. The number of anilines is 1. The molecule has 1 N–H and O–H groups in total. The topological polar surface area (TPSA) is 54.0 Å². The Bertz CT molecular complexity index is 1450. The molecule has 0 aromatic heterocycles. The van der Waals surface area contributed by atoms with E-state index in [-0.39, 0.29) is 16.7 Å². The zero-order valence-electron chi connectivity index (χ0n) is 28.9. The summed E-state index contributed by atoms with van der Waals surface area (Å²) in [6.45, 7) is 20.7. The van der Waals surface area contributed by atoms with Gasteiger partial charge in [0.25, 0.3) is 0 Å². The third-order valence-electron chi connectivity index (χ3n) is 10.1. The highest BCUT2D eigenvalue weighted by atomic mass is 16.5. The van der Waals surface area contributed by atoms with Crippen LogP contribution in [0.2, 0.25) is 0 Å². The molecule has 0 aliphatic carbocycles. The van der Waals surface area contributed by atoms with Crippen LogP contribution in [0.25, 0.3) is 0 Å². The Morgan fingerprint density at radius 2 is 1.11 bits per heavy atom. The summed E-state index contributed by atoms with van der Waals surface area (Å²) < 4.78 is 13.4. The number of rotatable bonds is 10. The van der Waals surface area contributed by atoms with Gasteiger partial charge in [-0.15, -0.1) is 0 Å². The number of fused-ring (bicyclic) bond motifs is 1. The van der Waals surface area contributed by atoms with Crippen molar-refractivity contribution >= 4 is 11.6 Å². The molecule has 0 spiro atoms. The number of benzene rings is 3. The van der Waals surface area contributed by atoms with E-state index < -0.39 is 5.41 Å². The van der Waals surface area contributed by atoms with E-state index in [0.29, 0.717) is 13.2 Å². The van der Waals surface area contributed by atoms with Gasteiger partial charge in [-0.1, -0.05) is 71.9 Å². The zero-order chi connectivity index (χ0) is 32.5. The van der Waals surface area contributed by atoms with Crippen LogP contribution in [0.3, 0.4) is 0 Å². The molecule has 3 aromatic carbocycles. The summed E-state index contributed by atoms with van der Waals surface area (Å²) in [6, 6.07) is 21.1. The van der Waals surface area contributed by atoms with Gasteiger partial charge in [-0.2, -0.15) is 0 Å². The van der Waals surface area contributed by atoms with Crippen LogP contribution in [-0.2, 0) is 21.0 Å². The molecule has 246 valence electrons. The fourth-order valence-corrected chi connectivity index (χ4v) is 7.35. The highest BCUT2D eigenvalue weighted by Crippen LogP contribution is 2.54. The van der Waals surface area contributed by atoms with Gasteiger partial charge < -0.3 is 14.8 Å². The van der Waals surface area contributed by atoms with Gasteiger partial charge in [0.2, 0.25) is 5.91 Å². The number of nitrogens with one attached hydrogen (secondary N) is 1. The summed E-state index contributed by atoms with van der Waals surface area (Å²) in [5, 5.41) is 3.29. The van der Waals surface area contributed by atoms with Crippen LogP contribution in [0.1, 0.15) is 95.0 Å². The first-order chi connectivity index (χ1) is 22.0. The molecule has 0 unspecified atom stereocenters. The van der Waals surface area contributed by atoms with Crippen LogP contribution >= 0.6 is 0 Å². The smallest absolute Gasteiger partial charge is 0.244 e. The minimum absolute atomic E-state index is 0.0698. The van der Waals surface area contributed by atoms with Crippen molar-refractivity contribution in [2.75, 3.05) is 57.8 Å². The number of ether oxygens (including phenoxy) is 2. The van der Waals surface area contributed by atoms with Gasteiger partial charge in [0.1, 0.15) is 30.1 Å². The first-order valence-electron chi connectivity index (χ1n) is 17.4. The average molecular weight is 624 g/mol. The second-order valence-corrected chi connectivity index (χ2v) is 15.5. The molecule has 2 fully saturated rings. The normalized spacial score (nSPS) is 18.5. The Morgan fingerprint density at radius 3 is 1.57 bits per heavy atom. The van der Waals surface area contributed by atoms with Gasteiger partial charge in [0, 0.05) is 35.5 Å². The largest absolute Gasteiger partial charge is 0.492 e. The summed E-state index contributed by atoms with van der Waals surface area (Å²) in [5.41, 5.74) is 4.43. The lowest BCUT2D eigenvalue weighted by molar-refractivity contribution is -0.118. The minimum atomic E-state index is -1.16. The summed E-state index contributed by atoms with van der Waals surface area (Å²) >= 11 is 0. The van der Waals surface area contributed by atoms with E-state index in [0.717, 1.165) is 84.3 Å². The van der Waals surface area contributed by atoms with Crippen molar-refractivity contribution in [3.05, 3.63) is 88.5 Å². The summed E-state index contributed by atoms with van der Waals surface area (Å²) in [5.74, 6) is 1.44. The van der Waals surface area contributed by atoms with E-state index >= 15 is 0 Å². The maximum atomic E-state index is 14.9. The monoisotopic (exact) mass is 623 g/mol. The molecule has 6 nitrogen and oxygen atoms in total. The molecule has 3 aliphatic rings. The van der Waals surface area contributed by atoms with Crippen molar-refractivity contribution in [1.29, 1.82) is 0 Å². The lowest BCUT2D eigenvalue weighted by atomic mass is 9.67. The van der Waals surface area contributed by atoms with Gasteiger partial charge in [-0.3, -0.25) is 14.6 Å². The van der Waals surface area contributed by atoms with Crippen molar-refractivity contribution in [3.8, 4) is 11.5 Å². The SMILES string of the molecule is CC(C)(C)c1ccc(OCCN2CCCC2)c(C2(c3cc(C(C)(C)C)ccc3OCCN3CCCC3)C(=O)Nc3ccccc32)c1. The highest BCUT2D eigenvalue weighted by molar-refractivity contribution is 6.12. The summed E-state index contributed by atoms with van der Waals surface area (Å²) in [4.78, 5) is 19.8. The van der Waals surface area contributed by atoms with Crippen molar-refractivity contribution in [2.45, 2.75) is 83.5 Å². The molecule has 0 atom stereocenters. The van der Waals surface area contributed by atoms with E-state index in [1.165, 1.54) is 25.7 Å². The van der Waals surface area contributed by atoms with E-state index in [4.69, 9.17) is 9.47 Å². The van der Waals surface area contributed by atoms with Crippen LogP contribution in [0.15, 0.2) is 60.7 Å². The fraction of sp³-hybridized carbons (Fsp3) is 0.525. The van der Waals surface area contributed by atoms with E-state index in [9.17, 15) is 4.79 Å². The van der Waals surface area contributed by atoms with Crippen molar-refractivity contribution in [2.24, 2.45) is 0 Å². The lowest BCUT2D eigenvalue weighted by Gasteiger charge is -2.35. The van der Waals surface area contributed by atoms with Gasteiger partial charge in [0.15, 0.2) is 0 Å². The van der Waals surface area contributed by atoms with Gasteiger partial charge >= 0.3 is 0 Å². The molecule has 46 heavy (non-hydrogen) atoms. The third-order valence-corrected chi connectivity index (χ3v) is 10.1. The molecule has 0 saturated carbocycles. The molecule has 0 bridgehead atoms. The highest BCUT2D eigenvalue weighted by Gasteiger charge is 2.53. The molecular weight excluding hydrogens is 570 g/mol. The Labute approximate surface area is 276 Å². The van der Waals surface area contributed by atoms with Crippen LogP contribution in [0, 0.1) is 0 Å². The predicted molar refractivity (Wildman–Crippen MR) is 188 cm³/mol. The van der Waals surface area contributed by atoms with Crippen molar-refractivity contribution in [1.82, 2.24) is 9.80 Å². The molecule has 6 rings (SSSR count). The number of nitrogens with zero attached hydrogens (tertiary/aromatic N) is 2. The zero-order valence-corrected chi connectivity index (χ0v) is 28.9. The third kappa shape index (κ3) is 6.44.